The van der Waals surface area contributed by atoms with Gasteiger partial charge in [-0.1, -0.05) is 41.9 Å². The molecule has 0 radical (unpaired) electrons. The number of nitrogens with zero attached hydrogens (tertiary/aromatic N) is 2. The Morgan fingerprint density at radius 1 is 1.09 bits per heavy atom. The third kappa shape index (κ3) is 4.54. The van der Waals surface area contributed by atoms with Gasteiger partial charge in [-0.2, -0.15) is 5.26 Å². The van der Waals surface area contributed by atoms with Gasteiger partial charge in [0.15, 0.2) is 5.78 Å². The molecule has 0 amide bonds. The SMILES string of the molecule is CC(=O)c1c(C)[nH]c(C(=O)/C(C#N)=c2\s/c(=C/c3ccc(Cl)cc3)c(=O)n2-c2ccccc2)c1C. The summed E-state index contributed by atoms with van der Waals surface area (Å²) >= 11 is 7.04. The summed E-state index contributed by atoms with van der Waals surface area (Å²) in [5.41, 5.74) is 2.36. The normalized spacial score (nSPS) is 12.4. The number of halogens is 1. The molecule has 0 aliphatic carbocycles. The Bertz CT molecular complexity index is 1690. The number of H-pyrrole nitrogens is 1. The molecule has 4 aromatic rings. The first kappa shape index (κ1) is 24.1. The van der Waals surface area contributed by atoms with E-state index in [0.29, 0.717) is 32.1 Å². The molecule has 6 nitrogen and oxygen atoms in total. The van der Waals surface area contributed by atoms with Crippen molar-refractivity contribution in [1.29, 1.82) is 5.26 Å². The number of ketones is 2. The van der Waals surface area contributed by atoms with E-state index in [2.05, 4.69) is 4.98 Å². The van der Waals surface area contributed by atoms with Crippen LogP contribution in [0, 0.1) is 25.2 Å². The number of carbonyl (C=O) groups is 2. The van der Waals surface area contributed by atoms with Gasteiger partial charge in [0.25, 0.3) is 5.56 Å². The number of nitrogens with one attached hydrogen (secondary N) is 1. The third-order valence-corrected chi connectivity index (χ3v) is 6.92. The summed E-state index contributed by atoms with van der Waals surface area (Å²) in [6, 6.07) is 17.8. The number of hydrogen-bond donors (Lipinski definition) is 1. The van der Waals surface area contributed by atoms with Crippen LogP contribution in [0.25, 0.3) is 17.3 Å². The van der Waals surface area contributed by atoms with Crippen molar-refractivity contribution < 1.29 is 9.59 Å². The highest BCUT2D eigenvalue weighted by Gasteiger charge is 2.24. The lowest BCUT2D eigenvalue weighted by Gasteiger charge is -2.04. The maximum Gasteiger partial charge on any atom is 0.273 e. The van der Waals surface area contributed by atoms with Crippen LogP contribution in [0.15, 0.2) is 59.4 Å². The van der Waals surface area contributed by atoms with E-state index < -0.39 is 5.78 Å². The van der Waals surface area contributed by atoms with Gasteiger partial charge in [-0.05, 0) is 62.2 Å². The van der Waals surface area contributed by atoms with Gasteiger partial charge in [-0.15, -0.1) is 11.3 Å². The summed E-state index contributed by atoms with van der Waals surface area (Å²) in [5, 5.41) is 10.6. The van der Waals surface area contributed by atoms with Crippen LogP contribution < -0.4 is 14.8 Å². The van der Waals surface area contributed by atoms with Crippen LogP contribution in [0.5, 0.6) is 0 Å². The number of thiazole rings is 1. The highest BCUT2D eigenvalue weighted by atomic mass is 35.5. The first-order valence-corrected chi connectivity index (χ1v) is 11.9. The summed E-state index contributed by atoms with van der Waals surface area (Å²) in [6.45, 7) is 4.80. The van der Waals surface area contributed by atoms with Crippen molar-refractivity contribution in [1.82, 2.24) is 9.55 Å². The number of nitriles is 1. The van der Waals surface area contributed by atoms with E-state index in [-0.39, 0.29) is 27.3 Å². The second-order valence-electron chi connectivity index (χ2n) is 7.94. The molecular formula is C27H20ClN3O3S. The quantitative estimate of drug-likeness (QED) is 0.417. The van der Waals surface area contributed by atoms with Gasteiger partial charge in [0.2, 0.25) is 5.78 Å². The lowest BCUT2D eigenvalue weighted by Crippen LogP contribution is -2.31. The first-order chi connectivity index (χ1) is 16.7. The van der Waals surface area contributed by atoms with Gasteiger partial charge in [0, 0.05) is 16.3 Å². The molecule has 174 valence electrons. The molecule has 0 spiro atoms. The molecule has 1 N–H and O–H groups in total. The zero-order chi connectivity index (χ0) is 25.3. The van der Waals surface area contributed by atoms with Crippen LogP contribution in [0.2, 0.25) is 5.02 Å². The lowest BCUT2D eigenvalue weighted by atomic mass is 10.0. The molecule has 0 saturated carbocycles. The summed E-state index contributed by atoms with van der Waals surface area (Å²) < 4.78 is 1.94. The highest BCUT2D eigenvalue weighted by molar-refractivity contribution is 7.07. The maximum absolute atomic E-state index is 13.5. The van der Waals surface area contributed by atoms with E-state index in [1.807, 2.05) is 12.1 Å². The molecule has 0 unspecified atom stereocenters. The van der Waals surface area contributed by atoms with Gasteiger partial charge in [-0.25, -0.2) is 0 Å². The van der Waals surface area contributed by atoms with Gasteiger partial charge in [-0.3, -0.25) is 19.0 Å². The van der Waals surface area contributed by atoms with E-state index in [0.717, 1.165) is 16.9 Å². The molecule has 0 aliphatic rings. The Hall–Kier alpha value is -3.99. The van der Waals surface area contributed by atoms with Crippen molar-refractivity contribution in [3.8, 4) is 11.8 Å². The van der Waals surface area contributed by atoms with Gasteiger partial charge < -0.3 is 4.98 Å². The molecule has 0 aliphatic heterocycles. The van der Waals surface area contributed by atoms with Gasteiger partial charge in [0.1, 0.15) is 16.3 Å². The van der Waals surface area contributed by atoms with E-state index >= 15 is 0 Å². The standard InChI is InChI=1S/C27H20ClN3O3S/c1-15-23(17(3)32)16(2)30-24(15)25(33)21(14-29)27-31(20-7-5-4-6-8-20)26(34)22(35-27)13-18-9-11-19(28)12-10-18/h4-13,30H,1-3H3/b22-13+,27-21-. The minimum Gasteiger partial charge on any atom is -0.355 e. The molecule has 2 aromatic carbocycles. The second-order valence-corrected chi connectivity index (χ2v) is 9.41. The van der Waals surface area contributed by atoms with Crippen molar-refractivity contribution in [2.24, 2.45) is 0 Å². The van der Waals surface area contributed by atoms with Crippen molar-refractivity contribution in [2.75, 3.05) is 0 Å². The number of carbonyl (C=O) groups excluding carboxylic acids is 2. The monoisotopic (exact) mass is 501 g/mol. The van der Waals surface area contributed by atoms with Crippen LogP contribution in [0.4, 0.5) is 0 Å². The number of para-hydroxylation sites is 1. The highest BCUT2D eigenvalue weighted by Crippen LogP contribution is 2.21. The molecule has 0 fully saturated rings. The van der Waals surface area contributed by atoms with Crippen molar-refractivity contribution in [3.05, 3.63) is 107 Å². The average molecular weight is 502 g/mol. The number of hydrogen-bond acceptors (Lipinski definition) is 5. The number of benzene rings is 2. The smallest absolute Gasteiger partial charge is 0.273 e. The Balaban J connectivity index is 2.05. The molecule has 8 heteroatoms. The van der Waals surface area contributed by atoms with Crippen LogP contribution in [-0.4, -0.2) is 21.1 Å². The summed E-state index contributed by atoms with van der Waals surface area (Å²) in [6.07, 6.45) is 1.70. The van der Waals surface area contributed by atoms with Gasteiger partial charge in [0.05, 0.1) is 15.9 Å². The number of Topliss-reactive ketones (excluding diaryl/α,β-unsaturated/α-hetero) is 2. The fraction of sp³-hybridized carbons (Fsp3) is 0.111. The first-order valence-electron chi connectivity index (χ1n) is 10.7. The fourth-order valence-electron chi connectivity index (χ4n) is 4.00. The Morgan fingerprint density at radius 3 is 2.31 bits per heavy atom. The minimum atomic E-state index is -0.579. The molecular weight excluding hydrogens is 482 g/mol. The van der Waals surface area contributed by atoms with Crippen molar-refractivity contribution in [2.45, 2.75) is 20.8 Å². The molecule has 2 heterocycles. The van der Waals surface area contributed by atoms with Crippen LogP contribution in [0.1, 0.15) is 44.6 Å². The van der Waals surface area contributed by atoms with E-state index in [4.69, 9.17) is 11.6 Å². The Morgan fingerprint density at radius 2 is 1.74 bits per heavy atom. The maximum atomic E-state index is 13.5. The predicted molar refractivity (Wildman–Crippen MR) is 138 cm³/mol. The summed E-state index contributed by atoms with van der Waals surface area (Å²) in [4.78, 5) is 42.0. The molecule has 0 atom stereocenters. The largest absolute Gasteiger partial charge is 0.355 e. The summed E-state index contributed by atoms with van der Waals surface area (Å²) in [5.74, 6) is -0.754. The Labute approximate surface area is 210 Å². The molecule has 2 aromatic heterocycles. The molecule has 0 bridgehead atoms. The molecule has 0 saturated heterocycles. The molecule has 35 heavy (non-hydrogen) atoms. The zero-order valence-electron chi connectivity index (χ0n) is 19.2. The minimum absolute atomic E-state index is 0.160. The fourth-order valence-corrected chi connectivity index (χ4v) is 5.23. The lowest BCUT2D eigenvalue weighted by molar-refractivity contribution is 0.101. The third-order valence-electron chi connectivity index (χ3n) is 5.58. The number of aryl methyl sites for hydroxylation is 1. The summed E-state index contributed by atoms with van der Waals surface area (Å²) in [7, 11) is 0. The topological polar surface area (TPSA) is 95.7 Å². The zero-order valence-corrected chi connectivity index (χ0v) is 20.8. The van der Waals surface area contributed by atoms with E-state index in [9.17, 15) is 19.6 Å². The number of aromatic nitrogens is 2. The van der Waals surface area contributed by atoms with Crippen molar-refractivity contribution >= 4 is 46.2 Å². The Kier molecular flexibility index (Phi) is 6.70. The van der Waals surface area contributed by atoms with Crippen LogP contribution >= 0.6 is 22.9 Å². The predicted octanol–water partition coefficient (Wildman–Crippen LogP) is 4.09. The van der Waals surface area contributed by atoms with Gasteiger partial charge >= 0.3 is 0 Å². The molecule has 4 rings (SSSR count). The van der Waals surface area contributed by atoms with Crippen molar-refractivity contribution in [3.63, 3.8) is 0 Å². The number of aromatic amines is 1. The van der Waals surface area contributed by atoms with E-state index in [1.54, 1.807) is 68.5 Å². The average Bonchev–Trinajstić information content (AvgIpc) is 3.31. The number of rotatable bonds is 5. The second kappa shape index (κ2) is 9.71. The van der Waals surface area contributed by atoms with E-state index in [1.165, 1.54) is 11.5 Å². The van der Waals surface area contributed by atoms with Crippen LogP contribution in [0.3, 0.4) is 0 Å². The van der Waals surface area contributed by atoms with Crippen LogP contribution in [-0.2, 0) is 0 Å².